The van der Waals surface area contributed by atoms with Crippen LogP contribution in [0.1, 0.15) is 31.4 Å². The molecule has 15 nitrogen and oxygen atoms in total. The fourth-order valence-corrected chi connectivity index (χ4v) is 3.45. The van der Waals surface area contributed by atoms with E-state index in [0.717, 1.165) is 0 Å². The summed E-state index contributed by atoms with van der Waals surface area (Å²) in [5.74, 6) is -5.52. The molecule has 36 heavy (non-hydrogen) atoms. The highest BCUT2D eigenvalue weighted by molar-refractivity contribution is 7.98. The molecule has 0 radical (unpaired) electrons. The molecule has 0 bridgehead atoms. The number of hydrogen-bond donors (Lipinski definition) is 8. The maximum absolute atomic E-state index is 13.1. The summed E-state index contributed by atoms with van der Waals surface area (Å²) in [6.07, 6.45) is 3.31. The Morgan fingerprint density at radius 1 is 1.00 bits per heavy atom. The van der Waals surface area contributed by atoms with E-state index in [-0.39, 0.29) is 25.7 Å². The number of primary amides is 1. The smallest absolute Gasteiger partial charge is 0.326 e. The average molecular weight is 530 g/mol. The van der Waals surface area contributed by atoms with E-state index in [9.17, 15) is 33.9 Å². The number of imidazole rings is 1. The second kappa shape index (κ2) is 15.4. The fraction of sp³-hybridized carbons (Fsp3) is 0.550. The summed E-state index contributed by atoms with van der Waals surface area (Å²) in [5, 5.41) is 25.3. The van der Waals surface area contributed by atoms with Crippen molar-refractivity contribution >= 4 is 47.3 Å². The van der Waals surface area contributed by atoms with Gasteiger partial charge in [0.15, 0.2) is 0 Å². The Balaban J connectivity index is 3.06. The molecule has 1 rings (SSSR count). The van der Waals surface area contributed by atoms with E-state index in [0.29, 0.717) is 11.4 Å². The molecule has 0 saturated heterocycles. The standard InChI is InChI=1S/C20H31N7O8S/c1-36-5-4-13(20(34)35)26-18(32)12(2-3-15(22)28)25-19(33)14(6-10-8-23-9-24-10)27-17(31)11(21)7-16(29)30/h8-9,11-14H,2-7,21H2,1H3,(H2,22,28)(H,23,24)(H,25,33)(H,26,32)(H,27,31)(H,29,30)(H,34,35). The SMILES string of the molecule is CSCCC(NC(=O)C(CCC(N)=O)NC(=O)C(Cc1cnc[nH]1)NC(=O)C(N)CC(=O)O)C(=O)O. The first-order chi connectivity index (χ1) is 16.9. The van der Waals surface area contributed by atoms with Crippen molar-refractivity contribution in [3.05, 3.63) is 18.2 Å². The molecule has 0 aliphatic heterocycles. The van der Waals surface area contributed by atoms with E-state index in [2.05, 4.69) is 25.9 Å². The van der Waals surface area contributed by atoms with Gasteiger partial charge in [-0.3, -0.25) is 24.0 Å². The first kappa shape index (κ1) is 30.4. The van der Waals surface area contributed by atoms with Gasteiger partial charge in [-0.15, -0.1) is 0 Å². The molecule has 1 aromatic heterocycles. The van der Waals surface area contributed by atoms with Gasteiger partial charge in [-0.25, -0.2) is 9.78 Å². The minimum Gasteiger partial charge on any atom is -0.481 e. The predicted molar refractivity (Wildman–Crippen MR) is 127 cm³/mol. The molecule has 200 valence electrons. The van der Waals surface area contributed by atoms with E-state index < -0.39 is 66.2 Å². The summed E-state index contributed by atoms with van der Waals surface area (Å²) in [6, 6.07) is -5.34. The summed E-state index contributed by atoms with van der Waals surface area (Å²) < 4.78 is 0. The zero-order chi connectivity index (χ0) is 27.3. The van der Waals surface area contributed by atoms with Crippen molar-refractivity contribution < 1.29 is 39.0 Å². The number of H-pyrrole nitrogens is 1. The number of nitrogens with one attached hydrogen (secondary N) is 4. The van der Waals surface area contributed by atoms with Crippen molar-refractivity contribution in [2.24, 2.45) is 11.5 Å². The molecular weight excluding hydrogens is 498 g/mol. The third-order valence-electron chi connectivity index (χ3n) is 4.88. The minimum absolute atomic E-state index is 0.118. The average Bonchev–Trinajstić information content (AvgIpc) is 3.30. The Hall–Kier alpha value is -3.66. The van der Waals surface area contributed by atoms with Crippen LogP contribution in [0.3, 0.4) is 0 Å². The number of amides is 4. The Bertz CT molecular complexity index is 927. The Morgan fingerprint density at radius 3 is 2.14 bits per heavy atom. The minimum atomic E-state index is -1.44. The van der Waals surface area contributed by atoms with Crippen molar-refractivity contribution in [1.29, 1.82) is 0 Å². The number of aliphatic carboxylic acids is 2. The maximum atomic E-state index is 13.1. The van der Waals surface area contributed by atoms with Gasteiger partial charge in [0.1, 0.15) is 18.1 Å². The number of rotatable bonds is 17. The van der Waals surface area contributed by atoms with Crippen LogP contribution in [-0.2, 0) is 35.2 Å². The lowest BCUT2D eigenvalue weighted by atomic mass is 10.1. The van der Waals surface area contributed by atoms with Crippen molar-refractivity contribution in [1.82, 2.24) is 25.9 Å². The van der Waals surface area contributed by atoms with Crippen LogP contribution in [-0.4, -0.2) is 91.9 Å². The number of nitrogens with two attached hydrogens (primary N) is 2. The summed E-state index contributed by atoms with van der Waals surface area (Å²) in [7, 11) is 0. The van der Waals surface area contributed by atoms with E-state index in [1.807, 2.05) is 0 Å². The van der Waals surface area contributed by atoms with Crippen LogP contribution >= 0.6 is 11.8 Å². The third-order valence-corrected chi connectivity index (χ3v) is 5.52. The summed E-state index contributed by atoms with van der Waals surface area (Å²) in [6.45, 7) is 0. The molecule has 0 aromatic carbocycles. The number of carbonyl (C=O) groups excluding carboxylic acids is 4. The number of carboxylic acids is 2. The first-order valence-electron chi connectivity index (χ1n) is 10.8. The van der Waals surface area contributed by atoms with Gasteiger partial charge in [0.2, 0.25) is 23.6 Å². The monoisotopic (exact) mass is 529 g/mol. The predicted octanol–water partition coefficient (Wildman–Crippen LogP) is -2.69. The molecule has 10 N–H and O–H groups in total. The van der Waals surface area contributed by atoms with E-state index in [1.165, 1.54) is 24.3 Å². The van der Waals surface area contributed by atoms with E-state index in [4.69, 9.17) is 16.6 Å². The molecule has 0 aliphatic rings. The molecule has 0 fully saturated rings. The highest BCUT2D eigenvalue weighted by Gasteiger charge is 2.31. The highest BCUT2D eigenvalue weighted by atomic mass is 32.2. The fourth-order valence-electron chi connectivity index (χ4n) is 2.98. The number of aromatic nitrogens is 2. The lowest BCUT2D eigenvalue weighted by Gasteiger charge is -2.25. The van der Waals surface area contributed by atoms with Crippen molar-refractivity contribution in [2.75, 3.05) is 12.0 Å². The zero-order valence-corrected chi connectivity index (χ0v) is 20.4. The second-order valence-corrected chi connectivity index (χ2v) is 8.78. The van der Waals surface area contributed by atoms with Gasteiger partial charge in [0, 0.05) is 24.7 Å². The van der Waals surface area contributed by atoms with Gasteiger partial charge < -0.3 is 42.6 Å². The molecule has 1 aromatic rings. The van der Waals surface area contributed by atoms with Crippen molar-refractivity contribution in [3.63, 3.8) is 0 Å². The van der Waals surface area contributed by atoms with Gasteiger partial charge in [0.05, 0.1) is 18.8 Å². The van der Waals surface area contributed by atoms with Crippen molar-refractivity contribution in [3.8, 4) is 0 Å². The lowest BCUT2D eigenvalue weighted by Crippen LogP contribution is -2.58. The van der Waals surface area contributed by atoms with E-state index >= 15 is 0 Å². The molecule has 0 aliphatic carbocycles. The summed E-state index contributed by atoms with van der Waals surface area (Å²) in [5.41, 5.74) is 11.2. The van der Waals surface area contributed by atoms with Gasteiger partial charge in [0.25, 0.3) is 0 Å². The van der Waals surface area contributed by atoms with Gasteiger partial charge in [-0.1, -0.05) is 0 Å². The number of thioether (sulfide) groups is 1. The van der Waals surface area contributed by atoms with Gasteiger partial charge in [-0.2, -0.15) is 11.8 Å². The Labute approximate surface area is 210 Å². The van der Waals surface area contributed by atoms with Gasteiger partial charge in [-0.05, 0) is 24.9 Å². The van der Waals surface area contributed by atoms with Crippen LogP contribution < -0.4 is 27.4 Å². The first-order valence-corrected chi connectivity index (χ1v) is 12.2. The quantitative estimate of drug-likeness (QED) is 0.103. The molecule has 4 atom stereocenters. The highest BCUT2D eigenvalue weighted by Crippen LogP contribution is 2.06. The topological polar surface area (TPSA) is 260 Å². The molecule has 4 unspecified atom stereocenters. The molecular formula is C20H31N7O8S. The number of aromatic amines is 1. The van der Waals surface area contributed by atoms with Crippen molar-refractivity contribution in [2.45, 2.75) is 56.3 Å². The molecule has 4 amide bonds. The second-order valence-electron chi connectivity index (χ2n) is 7.79. The Kier molecular flexibility index (Phi) is 13.0. The summed E-state index contributed by atoms with van der Waals surface area (Å²) >= 11 is 1.38. The number of nitrogens with zero attached hydrogens (tertiary/aromatic N) is 1. The largest absolute Gasteiger partial charge is 0.481 e. The van der Waals surface area contributed by atoms with Crippen LogP contribution in [0, 0.1) is 0 Å². The van der Waals surface area contributed by atoms with Crippen LogP contribution in [0.4, 0.5) is 0 Å². The molecule has 16 heteroatoms. The zero-order valence-electron chi connectivity index (χ0n) is 19.6. The third kappa shape index (κ3) is 11.2. The molecule has 1 heterocycles. The van der Waals surface area contributed by atoms with E-state index in [1.54, 1.807) is 6.26 Å². The number of hydrogen-bond acceptors (Lipinski definition) is 9. The number of carboxylic acid groups (broad SMARTS) is 2. The number of carbonyl (C=O) groups is 6. The normalized spacial score (nSPS) is 14.1. The summed E-state index contributed by atoms with van der Waals surface area (Å²) in [4.78, 5) is 78.5. The van der Waals surface area contributed by atoms with Crippen LogP contribution in [0.2, 0.25) is 0 Å². The van der Waals surface area contributed by atoms with Crippen LogP contribution in [0.25, 0.3) is 0 Å². The maximum Gasteiger partial charge on any atom is 0.326 e. The van der Waals surface area contributed by atoms with Crippen LogP contribution in [0.5, 0.6) is 0 Å². The molecule has 0 spiro atoms. The lowest BCUT2D eigenvalue weighted by molar-refractivity contribution is -0.142. The Morgan fingerprint density at radius 2 is 1.61 bits per heavy atom. The van der Waals surface area contributed by atoms with Crippen LogP contribution in [0.15, 0.2) is 12.5 Å². The molecule has 0 saturated carbocycles. The van der Waals surface area contributed by atoms with Gasteiger partial charge >= 0.3 is 11.9 Å².